The highest BCUT2D eigenvalue weighted by molar-refractivity contribution is 4.39. The molecule has 0 radical (unpaired) electrons. The second-order valence-corrected chi connectivity index (χ2v) is 6.10. The summed E-state index contributed by atoms with van der Waals surface area (Å²) in [5.41, 5.74) is 0. The minimum absolute atomic E-state index is 0.558. The highest BCUT2D eigenvalue weighted by Gasteiger charge is 1.94. The van der Waals surface area contributed by atoms with Gasteiger partial charge in [0.1, 0.15) is 0 Å². The first kappa shape index (κ1) is 27.7. The molecule has 0 aliphatic carbocycles. The molecule has 170 valence electrons. The molecule has 28 heavy (non-hydrogen) atoms. The summed E-state index contributed by atoms with van der Waals surface area (Å²) in [6.45, 7) is 11.6. The lowest BCUT2D eigenvalue weighted by Gasteiger charge is -2.08. The topological polar surface area (TPSA) is 76.6 Å². The van der Waals surface area contributed by atoms with Gasteiger partial charge in [-0.05, 0) is 13.5 Å². The first-order valence-electron chi connectivity index (χ1n) is 10.6. The van der Waals surface area contributed by atoms with Gasteiger partial charge in [0.15, 0.2) is 0 Å². The molecule has 0 aliphatic heterocycles. The molecule has 0 aliphatic rings. The Kier molecular flexibility index (Phi) is 26.4. The molecule has 0 heterocycles. The molecule has 0 saturated heterocycles. The van der Waals surface area contributed by atoms with Gasteiger partial charge in [0.2, 0.25) is 0 Å². The van der Waals surface area contributed by atoms with Crippen LogP contribution in [-0.2, 0) is 33.2 Å². The van der Waals surface area contributed by atoms with Gasteiger partial charge in [0, 0.05) is 13.2 Å². The van der Waals surface area contributed by atoms with Crippen molar-refractivity contribution in [3.63, 3.8) is 0 Å². The molecule has 0 spiro atoms. The van der Waals surface area contributed by atoms with Crippen molar-refractivity contribution < 1.29 is 33.2 Å². The molecule has 0 aromatic rings. The fourth-order valence-corrected chi connectivity index (χ4v) is 2.05. The molecule has 0 bridgehead atoms. The maximum absolute atomic E-state index is 5.46. The zero-order chi connectivity index (χ0) is 20.4. The number of hydrogen-bond donors (Lipinski definition) is 1. The molecule has 0 fully saturated rings. The molecule has 0 rings (SSSR count). The van der Waals surface area contributed by atoms with Crippen LogP contribution >= 0.6 is 0 Å². The average Bonchev–Trinajstić information content (AvgIpc) is 2.71. The molecule has 1 N–H and O–H groups in total. The first-order valence-corrected chi connectivity index (χ1v) is 10.6. The van der Waals surface area contributed by atoms with E-state index in [-0.39, 0.29) is 0 Å². The lowest BCUT2D eigenvalue weighted by atomic mass is 10.3. The highest BCUT2D eigenvalue weighted by Crippen LogP contribution is 1.93. The van der Waals surface area contributed by atoms with E-state index in [2.05, 4.69) is 12.2 Å². The number of unbranched alkanes of at least 4 members (excludes halogenated alkanes) is 2. The summed E-state index contributed by atoms with van der Waals surface area (Å²) in [4.78, 5) is 0. The summed E-state index contributed by atoms with van der Waals surface area (Å²) >= 11 is 0. The van der Waals surface area contributed by atoms with E-state index in [9.17, 15) is 0 Å². The molecule has 0 aromatic heterocycles. The molecule has 0 amide bonds. The summed E-state index contributed by atoms with van der Waals surface area (Å²) in [5, 5.41) is 3.02. The van der Waals surface area contributed by atoms with E-state index < -0.39 is 0 Å². The van der Waals surface area contributed by atoms with Crippen molar-refractivity contribution in [1.82, 2.24) is 5.32 Å². The number of ether oxygens (including phenoxy) is 7. The smallest absolute Gasteiger partial charge is 0.0701 e. The van der Waals surface area contributed by atoms with Crippen LogP contribution in [0, 0.1) is 0 Å². The Balaban J connectivity index is 2.96. The molecule has 0 unspecified atom stereocenters. The molecule has 8 nitrogen and oxygen atoms in total. The second kappa shape index (κ2) is 26.7. The van der Waals surface area contributed by atoms with E-state index in [0.717, 1.165) is 19.6 Å². The molecular formula is C20H43NO7. The first-order chi connectivity index (χ1) is 13.9. The van der Waals surface area contributed by atoms with Crippen molar-refractivity contribution in [3.05, 3.63) is 0 Å². The Morgan fingerprint density at radius 2 is 0.750 bits per heavy atom. The Hall–Kier alpha value is -0.320. The average molecular weight is 410 g/mol. The van der Waals surface area contributed by atoms with Crippen LogP contribution < -0.4 is 5.32 Å². The van der Waals surface area contributed by atoms with Gasteiger partial charge in [-0.1, -0.05) is 19.8 Å². The summed E-state index contributed by atoms with van der Waals surface area (Å²) in [5.74, 6) is 0. The Morgan fingerprint density at radius 1 is 0.429 bits per heavy atom. The normalized spacial score (nSPS) is 11.4. The zero-order valence-corrected chi connectivity index (χ0v) is 18.1. The van der Waals surface area contributed by atoms with Gasteiger partial charge in [-0.2, -0.15) is 0 Å². The van der Waals surface area contributed by atoms with E-state index in [1.807, 2.05) is 7.05 Å². The molecular weight excluding hydrogens is 366 g/mol. The van der Waals surface area contributed by atoms with Crippen molar-refractivity contribution >= 4 is 0 Å². The van der Waals surface area contributed by atoms with Crippen molar-refractivity contribution in [2.45, 2.75) is 26.2 Å². The fourth-order valence-electron chi connectivity index (χ4n) is 2.05. The Labute approximate surface area is 171 Å². The highest BCUT2D eigenvalue weighted by atomic mass is 16.6. The predicted molar refractivity (Wildman–Crippen MR) is 109 cm³/mol. The second-order valence-electron chi connectivity index (χ2n) is 6.10. The number of likely N-dealkylation sites (N-methyl/N-ethyl adjacent to an activating group) is 1. The largest absolute Gasteiger partial charge is 0.379 e. The van der Waals surface area contributed by atoms with E-state index in [1.165, 1.54) is 12.8 Å². The lowest BCUT2D eigenvalue weighted by Crippen LogP contribution is -2.17. The van der Waals surface area contributed by atoms with Gasteiger partial charge in [-0.15, -0.1) is 0 Å². The van der Waals surface area contributed by atoms with Crippen LogP contribution in [0.15, 0.2) is 0 Å². The number of rotatable bonds is 25. The van der Waals surface area contributed by atoms with E-state index in [4.69, 9.17) is 33.2 Å². The molecule has 8 heteroatoms. The third-order valence-electron chi connectivity index (χ3n) is 3.62. The van der Waals surface area contributed by atoms with E-state index >= 15 is 0 Å². The zero-order valence-electron chi connectivity index (χ0n) is 18.1. The van der Waals surface area contributed by atoms with Crippen LogP contribution in [0.3, 0.4) is 0 Å². The van der Waals surface area contributed by atoms with Crippen LogP contribution in [0.2, 0.25) is 0 Å². The van der Waals surface area contributed by atoms with Crippen LogP contribution in [0.5, 0.6) is 0 Å². The summed E-state index contributed by atoms with van der Waals surface area (Å²) < 4.78 is 37.9. The predicted octanol–water partition coefficient (Wildman–Crippen LogP) is 1.51. The maximum atomic E-state index is 5.46. The summed E-state index contributed by atoms with van der Waals surface area (Å²) in [6, 6.07) is 0. The number of nitrogens with one attached hydrogen (secondary N) is 1. The maximum Gasteiger partial charge on any atom is 0.0701 e. The monoisotopic (exact) mass is 409 g/mol. The van der Waals surface area contributed by atoms with Crippen molar-refractivity contribution in [2.24, 2.45) is 0 Å². The van der Waals surface area contributed by atoms with Gasteiger partial charge in [0.05, 0.1) is 85.9 Å². The van der Waals surface area contributed by atoms with Crippen LogP contribution in [0.1, 0.15) is 26.2 Å². The van der Waals surface area contributed by atoms with Crippen molar-refractivity contribution in [2.75, 3.05) is 106 Å². The van der Waals surface area contributed by atoms with Gasteiger partial charge >= 0.3 is 0 Å². The Morgan fingerprint density at radius 3 is 1.07 bits per heavy atom. The summed E-state index contributed by atoms with van der Waals surface area (Å²) in [7, 11) is 1.90. The van der Waals surface area contributed by atoms with Gasteiger partial charge in [-0.25, -0.2) is 0 Å². The minimum atomic E-state index is 0.558. The van der Waals surface area contributed by atoms with Gasteiger partial charge in [-0.3, -0.25) is 0 Å². The molecule has 0 saturated carbocycles. The standard InChI is InChI=1S/C20H43NO7/c1-3-4-5-7-22-9-11-24-13-15-26-17-19-28-20-18-27-16-14-25-12-10-23-8-6-21-2/h21H,3-20H2,1-2H3. The van der Waals surface area contributed by atoms with Crippen molar-refractivity contribution in [3.8, 4) is 0 Å². The minimum Gasteiger partial charge on any atom is -0.379 e. The van der Waals surface area contributed by atoms with E-state index in [1.54, 1.807) is 0 Å². The van der Waals surface area contributed by atoms with Crippen LogP contribution in [0.4, 0.5) is 0 Å². The lowest BCUT2D eigenvalue weighted by molar-refractivity contribution is -0.0204. The van der Waals surface area contributed by atoms with E-state index in [0.29, 0.717) is 85.9 Å². The molecule has 0 atom stereocenters. The fraction of sp³-hybridized carbons (Fsp3) is 1.00. The third kappa shape index (κ3) is 25.7. The van der Waals surface area contributed by atoms with Crippen molar-refractivity contribution in [1.29, 1.82) is 0 Å². The summed E-state index contributed by atoms with van der Waals surface area (Å²) in [6.07, 6.45) is 3.58. The Bertz CT molecular complexity index is 247. The molecule has 0 aromatic carbocycles. The van der Waals surface area contributed by atoms with Crippen LogP contribution in [0.25, 0.3) is 0 Å². The SMILES string of the molecule is CCCCCOCCOCCOCCOCCOCCOCCOCCNC. The quantitative estimate of drug-likeness (QED) is 0.227. The number of hydrogen-bond acceptors (Lipinski definition) is 8. The van der Waals surface area contributed by atoms with Gasteiger partial charge in [0.25, 0.3) is 0 Å². The van der Waals surface area contributed by atoms with Gasteiger partial charge < -0.3 is 38.5 Å². The third-order valence-corrected chi connectivity index (χ3v) is 3.62. The van der Waals surface area contributed by atoms with Crippen LogP contribution in [-0.4, -0.2) is 106 Å².